The van der Waals surface area contributed by atoms with Gasteiger partial charge in [0.25, 0.3) is 0 Å². The molecule has 2 aliphatic rings. The fraction of sp³-hybridized carbons (Fsp3) is 0.333. The van der Waals surface area contributed by atoms with Crippen molar-refractivity contribution < 1.29 is 19.3 Å². The number of nitrogens with one attached hydrogen (secondary N) is 2. The molecule has 3 heterocycles. The third-order valence-corrected chi connectivity index (χ3v) is 5.69. The van der Waals surface area contributed by atoms with Gasteiger partial charge in [-0.2, -0.15) is 5.10 Å². The monoisotopic (exact) mass is 380 g/mol. The molecule has 2 aliphatic heterocycles. The molecule has 0 aliphatic carbocycles. The van der Waals surface area contributed by atoms with Crippen LogP contribution in [0.5, 0.6) is 11.5 Å². The molecule has 3 aromatic rings. The molecule has 2 aromatic carbocycles. The van der Waals surface area contributed by atoms with Crippen LogP contribution in [0.25, 0.3) is 10.9 Å². The third kappa shape index (κ3) is 3.34. The van der Waals surface area contributed by atoms with Crippen LogP contribution in [0, 0.1) is 0 Å². The quantitative estimate of drug-likeness (QED) is 0.614. The van der Waals surface area contributed by atoms with Gasteiger partial charge >= 0.3 is 0 Å². The largest absolute Gasteiger partial charge is 0.454 e. The lowest BCUT2D eigenvalue weighted by molar-refractivity contribution is -1.03. The Labute approximate surface area is 162 Å². The van der Waals surface area contributed by atoms with E-state index in [9.17, 15) is 4.79 Å². The second-order valence-electron chi connectivity index (χ2n) is 7.55. The lowest BCUT2D eigenvalue weighted by Crippen LogP contribution is -3.27. The van der Waals surface area contributed by atoms with E-state index >= 15 is 0 Å². The summed E-state index contributed by atoms with van der Waals surface area (Å²) in [5.74, 6) is 1.70. The minimum absolute atomic E-state index is 0.0140. The van der Waals surface area contributed by atoms with E-state index in [1.165, 1.54) is 16.7 Å². The van der Waals surface area contributed by atoms with Crippen molar-refractivity contribution in [3.05, 3.63) is 64.4 Å². The van der Waals surface area contributed by atoms with Gasteiger partial charge in [-0.3, -0.25) is 4.79 Å². The number of benzene rings is 2. The van der Waals surface area contributed by atoms with Crippen LogP contribution >= 0.6 is 0 Å². The number of quaternary nitrogens is 2. The van der Waals surface area contributed by atoms with Gasteiger partial charge < -0.3 is 19.3 Å². The number of para-hydroxylation sites is 1. The van der Waals surface area contributed by atoms with E-state index in [0.717, 1.165) is 61.8 Å². The van der Waals surface area contributed by atoms with Gasteiger partial charge in [0.15, 0.2) is 18.2 Å². The van der Waals surface area contributed by atoms with Crippen LogP contribution in [0.4, 0.5) is 0 Å². The van der Waals surface area contributed by atoms with Crippen LogP contribution in [0.3, 0.4) is 0 Å². The van der Waals surface area contributed by atoms with E-state index in [2.05, 4.69) is 17.2 Å². The average molecular weight is 380 g/mol. The molecule has 0 atom stereocenters. The molecule has 1 fully saturated rings. The maximum absolute atomic E-state index is 12.0. The topological polar surface area (TPSA) is 62.2 Å². The smallest absolute Gasteiger partial charge is 0.231 e. The van der Waals surface area contributed by atoms with E-state index in [4.69, 9.17) is 9.47 Å². The van der Waals surface area contributed by atoms with Crippen molar-refractivity contribution in [3.63, 3.8) is 0 Å². The molecule has 0 unspecified atom stereocenters. The summed E-state index contributed by atoms with van der Waals surface area (Å²) in [6.07, 6.45) is 1.43. The Morgan fingerprint density at radius 2 is 1.75 bits per heavy atom. The van der Waals surface area contributed by atoms with E-state index in [1.54, 1.807) is 4.90 Å². The minimum Gasteiger partial charge on any atom is -0.454 e. The van der Waals surface area contributed by atoms with E-state index in [-0.39, 0.29) is 5.43 Å². The zero-order valence-corrected chi connectivity index (χ0v) is 15.7. The molecule has 7 nitrogen and oxygen atoms in total. The van der Waals surface area contributed by atoms with Gasteiger partial charge in [0.1, 0.15) is 32.7 Å². The van der Waals surface area contributed by atoms with Crippen molar-refractivity contribution in [3.8, 4) is 11.5 Å². The van der Waals surface area contributed by atoms with Crippen LogP contribution in [-0.4, -0.2) is 42.8 Å². The minimum atomic E-state index is -0.0140. The highest BCUT2D eigenvalue weighted by Gasteiger charge is 2.24. The predicted molar refractivity (Wildman–Crippen MR) is 104 cm³/mol. The van der Waals surface area contributed by atoms with Gasteiger partial charge in [-0.1, -0.05) is 12.1 Å². The number of rotatable bonds is 4. The molecule has 0 bridgehead atoms. The molecule has 0 spiro atoms. The summed E-state index contributed by atoms with van der Waals surface area (Å²) in [6.45, 7) is 6.51. The molecule has 0 amide bonds. The molecule has 7 heteroatoms. The molecule has 0 radical (unpaired) electrons. The van der Waals surface area contributed by atoms with E-state index < -0.39 is 0 Å². The summed E-state index contributed by atoms with van der Waals surface area (Å²) in [6, 6.07) is 14.0. The number of hydrogen-bond donors (Lipinski definition) is 2. The fourth-order valence-corrected chi connectivity index (χ4v) is 4.13. The first kappa shape index (κ1) is 17.2. The van der Waals surface area contributed by atoms with Crippen molar-refractivity contribution in [2.75, 3.05) is 33.0 Å². The average Bonchev–Trinajstić information content (AvgIpc) is 3.20. The van der Waals surface area contributed by atoms with Crippen LogP contribution in [0.2, 0.25) is 0 Å². The van der Waals surface area contributed by atoms with Gasteiger partial charge in [0, 0.05) is 10.9 Å². The Morgan fingerprint density at radius 3 is 2.64 bits per heavy atom. The summed E-state index contributed by atoms with van der Waals surface area (Å²) in [4.78, 5) is 15.1. The zero-order valence-electron chi connectivity index (χ0n) is 15.7. The summed E-state index contributed by atoms with van der Waals surface area (Å²) in [5, 5.41) is 5.11. The Kier molecular flexibility index (Phi) is 4.46. The molecular formula is C21H24N4O3+2. The maximum atomic E-state index is 12.0. The Morgan fingerprint density at radius 1 is 0.964 bits per heavy atom. The third-order valence-electron chi connectivity index (χ3n) is 5.69. The predicted octanol–water partition coefficient (Wildman–Crippen LogP) is -0.934. The van der Waals surface area contributed by atoms with Gasteiger partial charge in [-0.05, 0) is 30.3 Å². The SMILES string of the molecule is O=c1cnn(C[NH+]2CC[NH+](Cc3ccc4c(c3)OCO4)CC2)c2ccccc12. The van der Waals surface area contributed by atoms with Crippen molar-refractivity contribution in [2.45, 2.75) is 13.2 Å². The summed E-state index contributed by atoms with van der Waals surface area (Å²) < 4.78 is 12.8. The first-order chi connectivity index (χ1) is 13.8. The Balaban J connectivity index is 1.22. The van der Waals surface area contributed by atoms with Crippen molar-refractivity contribution in [1.82, 2.24) is 9.78 Å². The van der Waals surface area contributed by atoms with Crippen LogP contribution in [0.1, 0.15) is 5.56 Å². The van der Waals surface area contributed by atoms with Gasteiger partial charge in [0.05, 0.1) is 11.7 Å². The number of hydrogen-bond acceptors (Lipinski definition) is 4. The zero-order chi connectivity index (χ0) is 18.9. The lowest BCUT2D eigenvalue weighted by Gasteiger charge is -2.30. The first-order valence-electron chi connectivity index (χ1n) is 9.77. The molecule has 28 heavy (non-hydrogen) atoms. The fourth-order valence-electron chi connectivity index (χ4n) is 4.13. The normalized spacial score (nSPS) is 21.1. The second kappa shape index (κ2) is 7.26. The van der Waals surface area contributed by atoms with Crippen LogP contribution < -0.4 is 24.7 Å². The summed E-state index contributed by atoms with van der Waals surface area (Å²) in [5.41, 5.74) is 2.19. The molecule has 2 N–H and O–H groups in total. The first-order valence-corrected chi connectivity index (χ1v) is 9.77. The van der Waals surface area contributed by atoms with Gasteiger partial charge in [0.2, 0.25) is 12.2 Å². The number of piperazine rings is 1. The maximum Gasteiger partial charge on any atom is 0.231 e. The number of aromatic nitrogens is 2. The van der Waals surface area contributed by atoms with Crippen LogP contribution in [-0.2, 0) is 13.2 Å². The molecule has 144 valence electrons. The van der Waals surface area contributed by atoms with E-state index in [1.807, 2.05) is 35.0 Å². The number of ether oxygens (including phenoxy) is 2. The Hall–Kier alpha value is -2.90. The number of fused-ring (bicyclic) bond motifs is 2. The number of nitrogens with zero attached hydrogens (tertiary/aromatic N) is 2. The molecule has 1 aromatic heterocycles. The highest BCUT2D eigenvalue weighted by molar-refractivity contribution is 5.77. The summed E-state index contributed by atoms with van der Waals surface area (Å²) in [7, 11) is 0. The van der Waals surface area contributed by atoms with Crippen molar-refractivity contribution >= 4 is 10.9 Å². The highest BCUT2D eigenvalue weighted by Crippen LogP contribution is 2.32. The summed E-state index contributed by atoms with van der Waals surface area (Å²) >= 11 is 0. The van der Waals surface area contributed by atoms with E-state index in [0.29, 0.717) is 6.79 Å². The van der Waals surface area contributed by atoms with Crippen LogP contribution in [0.15, 0.2) is 53.5 Å². The van der Waals surface area contributed by atoms with Crippen molar-refractivity contribution in [1.29, 1.82) is 0 Å². The molecule has 1 saturated heterocycles. The standard InChI is InChI=1S/C21H22N4O3/c26-19-12-22-25(18-4-2-1-3-17(18)19)14-24-9-7-23(8-10-24)13-16-5-6-20-21(11-16)28-15-27-20/h1-6,11-12H,7-10,13-15H2/p+2. The van der Waals surface area contributed by atoms with Crippen molar-refractivity contribution in [2.24, 2.45) is 0 Å². The molecular weight excluding hydrogens is 356 g/mol. The Bertz CT molecular complexity index is 1060. The second-order valence-corrected chi connectivity index (χ2v) is 7.55. The molecule has 0 saturated carbocycles. The highest BCUT2D eigenvalue weighted by atomic mass is 16.7. The lowest BCUT2D eigenvalue weighted by atomic mass is 10.1. The van der Waals surface area contributed by atoms with Gasteiger partial charge in [-0.25, -0.2) is 4.68 Å². The molecule has 5 rings (SSSR count). The van der Waals surface area contributed by atoms with Gasteiger partial charge in [-0.15, -0.1) is 0 Å².